The van der Waals surface area contributed by atoms with E-state index in [-0.39, 0.29) is 22.7 Å². The SMILES string of the molecule is CCCCCOc1ccc(-c2ccc(/C=C/c3ccc(-c4ccc(C)cc4)c(F)c3F)cc2)cc1F. The van der Waals surface area contributed by atoms with Crippen molar-refractivity contribution in [2.45, 2.75) is 33.1 Å². The maximum Gasteiger partial charge on any atom is 0.167 e. The van der Waals surface area contributed by atoms with Crippen molar-refractivity contribution in [1.82, 2.24) is 0 Å². The predicted molar refractivity (Wildman–Crippen MR) is 142 cm³/mol. The van der Waals surface area contributed by atoms with Crippen LogP contribution >= 0.6 is 0 Å². The van der Waals surface area contributed by atoms with Gasteiger partial charge in [-0.2, -0.15) is 0 Å². The molecule has 0 N–H and O–H groups in total. The molecule has 0 bridgehead atoms. The van der Waals surface area contributed by atoms with Crippen molar-refractivity contribution in [3.63, 3.8) is 0 Å². The van der Waals surface area contributed by atoms with Crippen LogP contribution < -0.4 is 4.74 Å². The molecule has 4 heteroatoms. The van der Waals surface area contributed by atoms with E-state index in [0.29, 0.717) is 12.2 Å². The third kappa shape index (κ3) is 6.06. The Morgan fingerprint density at radius 3 is 2.08 bits per heavy atom. The van der Waals surface area contributed by atoms with Crippen molar-refractivity contribution < 1.29 is 17.9 Å². The first kappa shape index (κ1) is 25.3. The van der Waals surface area contributed by atoms with Crippen LogP contribution in [0.4, 0.5) is 13.2 Å². The molecule has 0 amide bonds. The fourth-order valence-electron chi connectivity index (χ4n) is 3.95. The van der Waals surface area contributed by atoms with Crippen LogP contribution in [0.15, 0.2) is 78.9 Å². The van der Waals surface area contributed by atoms with E-state index in [2.05, 4.69) is 6.92 Å². The Balaban J connectivity index is 1.46. The largest absolute Gasteiger partial charge is 0.491 e. The van der Waals surface area contributed by atoms with Gasteiger partial charge in [-0.1, -0.05) is 104 Å². The molecule has 0 spiro atoms. The lowest BCUT2D eigenvalue weighted by Gasteiger charge is -2.09. The third-order valence-corrected chi connectivity index (χ3v) is 6.11. The predicted octanol–water partition coefficient (Wildman–Crippen LogP) is 9.49. The first-order valence-corrected chi connectivity index (χ1v) is 12.2. The van der Waals surface area contributed by atoms with E-state index < -0.39 is 11.6 Å². The highest BCUT2D eigenvalue weighted by atomic mass is 19.2. The summed E-state index contributed by atoms with van der Waals surface area (Å²) in [6.07, 6.45) is 6.32. The molecule has 0 radical (unpaired) electrons. The van der Waals surface area contributed by atoms with Crippen LogP contribution in [0, 0.1) is 24.4 Å². The number of hydrogen-bond donors (Lipinski definition) is 0. The van der Waals surface area contributed by atoms with Gasteiger partial charge in [0.25, 0.3) is 0 Å². The van der Waals surface area contributed by atoms with E-state index in [1.54, 1.807) is 42.5 Å². The van der Waals surface area contributed by atoms with Crippen LogP contribution in [0.1, 0.15) is 42.9 Å². The average Bonchev–Trinajstić information content (AvgIpc) is 2.89. The van der Waals surface area contributed by atoms with E-state index in [9.17, 15) is 13.2 Å². The Morgan fingerprint density at radius 1 is 0.694 bits per heavy atom. The fraction of sp³-hybridized carbons (Fsp3) is 0.188. The molecule has 0 unspecified atom stereocenters. The average molecular weight is 487 g/mol. The highest BCUT2D eigenvalue weighted by Gasteiger charge is 2.13. The van der Waals surface area contributed by atoms with E-state index >= 15 is 0 Å². The van der Waals surface area contributed by atoms with Gasteiger partial charge in [0.1, 0.15) is 0 Å². The molecule has 0 saturated carbocycles. The lowest BCUT2D eigenvalue weighted by atomic mass is 10.0. The summed E-state index contributed by atoms with van der Waals surface area (Å²) in [7, 11) is 0. The number of unbranched alkanes of at least 4 members (excludes halogenated alkanes) is 2. The van der Waals surface area contributed by atoms with Crippen molar-refractivity contribution in [3.05, 3.63) is 113 Å². The first-order valence-electron chi connectivity index (χ1n) is 12.2. The molecule has 4 aromatic carbocycles. The van der Waals surface area contributed by atoms with E-state index in [1.165, 1.54) is 6.07 Å². The summed E-state index contributed by atoms with van der Waals surface area (Å²) >= 11 is 0. The Hall–Kier alpha value is -3.79. The Kier molecular flexibility index (Phi) is 8.27. The molecule has 4 aromatic rings. The molecule has 1 nitrogen and oxygen atoms in total. The second kappa shape index (κ2) is 11.8. The van der Waals surface area contributed by atoms with Crippen LogP contribution in [-0.4, -0.2) is 6.61 Å². The van der Waals surface area contributed by atoms with Gasteiger partial charge in [0, 0.05) is 11.1 Å². The Bertz CT molecular complexity index is 1340. The molecule has 0 heterocycles. The molecule has 36 heavy (non-hydrogen) atoms. The first-order chi connectivity index (χ1) is 17.5. The van der Waals surface area contributed by atoms with Gasteiger partial charge in [0.2, 0.25) is 0 Å². The molecule has 0 aliphatic heterocycles. The molecule has 184 valence electrons. The van der Waals surface area contributed by atoms with Gasteiger partial charge in [0.15, 0.2) is 23.2 Å². The second-order valence-corrected chi connectivity index (χ2v) is 8.85. The number of rotatable bonds is 9. The van der Waals surface area contributed by atoms with Gasteiger partial charge in [0.05, 0.1) is 6.61 Å². The smallest absolute Gasteiger partial charge is 0.167 e. The van der Waals surface area contributed by atoms with E-state index in [0.717, 1.165) is 41.5 Å². The standard InChI is InChI=1S/C32H29F3O/c1-3-4-5-20-36-30-19-17-27(21-29(30)33)24-13-8-23(9-14-24)10-15-26-16-18-28(32(35)31(26)34)25-11-6-22(2)7-12-25/h6-19,21H,3-5,20H2,1-2H3/b15-10+. The fourth-order valence-corrected chi connectivity index (χ4v) is 3.95. The zero-order valence-corrected chi connectivity index (χ0v) is 20.5. The molecular weight excluding hydrogens is 457 g/mol. The third-order valence-electron chi connectivity index (χ3n) is 6.11. The molecule has 0 fully saturated rings. The minimum absolute atomic E-state index is 0.170. The summed E-state index contributed by atoms with van der Waals surface area (Å²) in [5, 5.41) is 0. The second-order valence-electron chi connectivity index (χ2n) is 8.85. The number of hydrogen-bond acceptors (Lipinski definition) is 1. The normalized spacial score (nSPS) is 11.2. The summed E-state index contributed by atoms with van der Waals surface area (Å²) in [6, 6.07) is 22.9. The zero-order chi connectivity index (χ0) is 25.5. The maximum absolute atomic E-state index is 14.7. The molecule has 0 aliphatic rings. The highest BCUT2D eigenvalue weighted by Crippen LogP contribution is 2.29. The molecule has 0 atom stereocenters. The molecule has 0 saturated heterocycles. The van der Waals surface area contributed by atoms with Crippen LogP contribution in [0.25, 0.3) is 34.4 Å². The summed E-state index contributed by atoms with van der Waals surface area (Å²) in [5.74, 6) is -1.87. The van der Waals surface area contributed by atoms with Crippen LogP contribution in [-0.2, 0) is 0 Å². The van der Waals surface area contributed by atoms with Gasteiger partial charge in [-0.3, -0.25) is 0 Å². The van der Waals surface area contributed by atoms with E-state index in [1.807, 2.05) is 49.4 Å². The molecule has 0 aliphatic carbocycles. The van der Waals surface area contributed by atoms with Crippen molar-refractivity contribution in [1.29, 1.82) is 0 Å². The summed E-state index contributed by atoms with van der Waals surface area (Å²) in [5.41, 5.74) is 4.50. The lowest BCUT2D eigenvalue weighted by molar-refractivity contribution is 0.291. The van der Waals surface area contributed by atoms with Crippen molar-refractivity contribution >= 4 is 12.2 Å². The van der Waals surface area contributed by atoms with Crippen LogP contribution in [0.5, 0.6) is 5.75 Å². The number of halogens is 3. The quantitative estimate of drug-likeness (QED) is 0.169. The minimum atomic E-state index is -0.881. The van der Waals surface area contributed by atoms with Crippen LogP contribution in [0.2, 0.25) is 0 Å². The summed E-state index contributed by atoms with van der Waals surface area (Å²) in [6.45, 7) is 4.56. The zero-order valence-electron chi connectivity index (χ0n) is 20.5. The Morgan fingerprint density at radius 2 is 1.39 bits per heavy atom. The van der Waals surface area contributed by atoms with E-state index in [4.69, 9.17) is 4.74 Å². The Labute approximate surface area is 210 Å². The van der Waals surface area contributed by atoms with Gasteiger partial charge in [-0.05, 0) is 47.7 Å². The minimum Gasteiger partial charge on any atom is -0.491 e. The maximum atomic E-state index is 14.7. The van der Waals surface area contributed by atoms with Crippen molar-refractivity contribution in [3.8, 4) is 28.0 Å². The van der Waals surface area contributed by atoms with Crippen LogP contribution in [0.3, 0.4) is 0 Å². The summed E-state index contributed by atoms with van der Waals surface area (Å²) < 4.78 is 49.5. The van der Waals surface area contributed by atoms with Gasteiger partial charge < -0.3 is 4.74 Å². The lowest BCUT2D eigenvalue weighted by Crippen LogP contribution is -1.99. The highest BCUT2D eigenvalue weighted by molar-refractivity contribution is 5.74. The van der Waals surface area contributed by atoms with Crippen molar-refractivity contribution in [2.75, 3.05) is 6.61 Å². The topological polar surface area (TPSA) is 9.23 Å². The monoisotopic (exact) mass is 486 g/mol. The van der Waals surface area contributed by atoms with Gasteiger partial charge in [-0.15, -0.1) is 0 Å². The molecule has 0 aromatic heterocycles. The van der Waals surface area contributed by atoms with Gasteiger partial charge in [-0.25, -0.2) is 13.2 Å². The molecular formula is C32H29F3O. The number of aryl methyl sites for hydroxylation is 1. The summed E-state index contributed by atoms with van der Waals surface area (Å²) in [4.78, 5) is 0. The molecule has 4 rings (SSSR count). The number of ether oxygens (including phenoxy) is 1. The van der Waals surface area contributed by atoms with Crippen molar-refractivity contribution in [2.24, 2.45) is 0 Å². The van der Waals surface area contributed by atoms with Gasteiger partial charge >= 0.3 is 0 Å². The number of benzene rings is 4.